The molecule has 0 radical (unpaired) electrons. The first-order valence-corrected chi connectivity index (χ1v) is 9.20. The minimum Gasteiger partial charge on any atom is -0.465 e. The monoisotopic (exact) mass is 397 g/mol. The molecule has 2 rings (SSSR count). The summed E-state index contributed by atoms with van der Waals surface area (Å²) in [6.07, 6.45) is 6.98. The highest BCUT2D eigenvalue weighted by molar-refractivity contribution is 9.10. The van der Waals surface area contributed by atoms with Crippen molar-refractivity contribution in [3.63, 3.8) is 0 Å². The van der Waals surface area contributed by atoms with Crippen LogP contribution in [0.4, 0.5) is 0 Å². The Hall–Kier alpha value is -1.62. The maximum absolute atomic E-state index is 12.7. The molecule has 7 heteroatoms. The van der Waals surface area contributed by atoms with E-state index in [1.54, 1.807) is 25.1 Å². The molecule has 1 unspecified atom stereocenters. The molecule has 23 heavy (non-hydrogen) atoms. The minimum atomic E-state index is -3.72. The van der Waals surface area contributed by atoms with Crippen molar-refractivity contribution in [1.29, 1.82) is 0 Å². The molecule has 5 nitrogen and oxygen atoms in total. The zero-order chi connectivity index (χ0) is 17.0. The Morgan fingerprint density at radius 3 is 2.61 bits per heavy atom. The Kier molecular flexibility index (Phi) is 5.63. The lowest BCUT2D eigenvalue weighted by molar-refractivity contribution is -0.144. The Bertz CT molecular complexity index is 762. The molecular weight excluding hydrogens is 382 g/mol. The second-order valence-corrected chi connectivity index (χ2v) is 7.76. The number of terminal acetylenes is 1. The first kappa shape index (κ1) is 17.7. The summed E-state index contributed by atoms with van der Waals surface area (Å²) in [6, 6.07) is 6.32. The second-order valence-electron chi connectivity index (χ2n) is 4.90. The van der Waals surface area contributed by atoms with Crippen molar-refractivity contribution in [2.45, 2.75) is 11.8 Å². The van der Waals surface area contributed by atoms with Crippen molar-refractivity contribution in [3.05, 3.63) is 40.4 Å². The van der Waals surface area contributed by atoms with Crippen LogP contribution >= 0.6 is 15.9 Å². The average Bonchev–Trinajstić information content (AvgIpc) is 3.27. The standard InChI is InChI=1S/C16H16BrNO4S/c1-3-9-18(11-12-10-15(12)16(19)22-4-2)23(20,21)14-7-5-13(17)6-8-14/h1,5-8,10,15H,4,9,11H2,2H3. The van der Waals surface area contributed by atoms with Gasteiger partial charge in [-0.25, -0.2) is 8.42 Å². The SMILES string of the molecule is C#CCN(CC1=CC1C(=O)OCC)S(=O)(=O)c1ccc(Br)cc1. The smallest absolute Gasteiger partial charge is 0.317 e. The third-order valence-corrected chi connectivity index (χ3v) is 5.62. The number of ether oxygens (including phenoxy) is 1. The molecule has 0 saturated carbocycles. The minimum absolute atomic E-state index is 0.0642. The van der Waals surface area contributed by atoms with E-state index in [9.17, 15) is 13.2 Å². The molecule has 1 aromatic carbocycles. The molecule has 0 amide bonds. The number of nitrogens with zero attached hydrogens (tertiary/aromatic N) is 1. The number of rotatable bonds is 7. The van der Waals surface area contributed by atoms with E-state index < -0.39 is 15.9 Å². The Labute approximate surface area is 144 Å². The normalized spacial score (nSPS) is 16.6. The number of hydrogen-bond acceptors (Lipinski definition) is 4. The fourth-order valence-electron chi connectivity index (χ4n) is 2.06. The van der Waals surface area contributed by atoms with Crippen LogP contribution in [-0.2, 0) is 19.6 Å². The molecule has 0 spiro atoms. The topological polar surface area (TPSA) is 63.7 Å². The fourth-order valence-corrected chi connectivity index (χ4v) is 3.66. The van der Waals surface area contributed by atoms with Crippen molar-refractivity contribution >= 4 is 31.9 Å². The lowest BCUT2D eigenvalue weighted by atomic mass is 10.3. The number of benzene rings is 1. The van der Waals surface area contributed by atoms with Crippen LogP contribution in [0.5, 0.6) is 0 Å². The molecule has 0 fully saturated rings. The van der Waals surface area contributed by atoms with E-state index in [0.717, 1.165) is 4.47 Å². The summed E-state index contributed by atoms with van der Waals surface area (Å²) in [5.74, 6) is 1.56. The lowest BCUT2D eigenvalue weighted by Crippen LogP contribution is -2.33. The molecule has 0 bridgehead atoms. The van der Waals surface area contributed by atoms with Crippen LogP contribution in [0.25, 0.3) is 0 Å². The van der Waals surface area contributed by atoms with Crippen LogP contribution in [0.3, 0.4) is 0 Å². The maximum Gasteiger partial charge on any atom is 0.317 e. The van der Waals surface area contributed by atoms with Gasteiger partial charge in [0, 0.05) is 11.0 Å². The van der Waals surface area contributed by atoms with Gasteiger partial charge in [0.2, 0.25) is 10.0 Å². The molecule has 0 aliphatic heterocycles. The summed E-state index contributed by atoms with van der Waals surface area (Å²) < 4.78 is 32.2. The molecule has 0 saturated heterocycles. The van der Waals surface area contributed by atoms with Crippen LogP contribution in [0.2, 0.25) is 0 Å². The van der Waals surface area contributed by atoms with Crippen LogP contribution in [0, 0.1) is 18.3 Å². The number of carbonyl (C=O) groups is 1. The number of esters is 1. The van der Waals surface area contributed by atoms with Gasteiger partial charge in [-0.2, -0.15) is 4.31 Å². The number of hydrogen-bond donors (Lipinski definition) is 0. The van der Waals surface area contributed by atoms with Gasteiger partial charge in [0.1, 0.15) is 0 Å². The van der Waals surface area contributed by atoms with Crippen molar-refractivity contribution in [1.82, 2.24) is 4.31 Å². The average molecular weight is 398 g/mol. The molecular formula is C16H16BrNO4S. The van der Waals surface area contributed by atoms with Crippen LogP contribution < -0.4 is 0 Å². The summed E-state index contributed by atoms with van der Waals surface area (Å²) in [5.41, 5.74) is 0.708. The quantitative estimate of drug-likeness (QED) is 0.401. The molecule has 0 heterocycles. The van der Waals surface area contributed by atoms with Crippen molar-refractivity contribution < 1.29 is 17.9 Å². The number of halogens is 1. The molecule has 0 aromatic heterocycles. The zero-order valence-corrected chi connectivity index (χ0v) is 14.9. The van der Waals surface area contributed by atoms with Crippen LogP contribution in [0.1, 0.15) is 6.92 Å². The van der Waals surface area contributed by atoms with E-state index in [2.05, 4.69) is 21.9 Å². The summed E-state index contributed by atoms with van der Waals surface area (Å²) >= 11 is 3.27. The highest BCUT2D eigenvalue weighted by atomic mass is 79.9. The zero-order valence-electron chi connectivity index (χ0n) is 12.5. The van der Waals surface area contributed by atoms with Gasteiger partial charge in [0.15, 0.2) is 0 Å². The fraction of sp³-hybridized carbons (Fsp3) is 0.312. The first-order chi connectivity index (χ1) is 10.9. The van der Waals surface area contributed by atoms with Gasteiger partial charge in [-0.15, -0.1) is 6.42 Å². The molecule has 1 aromatic rings. The van der Waals surface area contributed by atoms with Gasteiger partial charge >= 0.3 is 5.97 Å². The summed E-state index contributed by atoms with van der Waals surface area (Å²) in [7, 11) is -3.72. The predicted octanol–water partition coefficient (Wildman–Crippen LogP) is 2.19. The van der Waals surface area contributed by atoms with Crippen LogP contribution in [0.15, 0.2) is 45.3 Å². The summed E-state index contributed by atoms with van der Waals surface area (Å²) in [6.45, 7) is 2.04. The number of sulfonamides is 1. The van der Waals surface area contributed by atoms with Gasteiger partial charge in [-0.1, -0.05) is 27.9 Å². The van der Waals surface area contributed by atoms with E-state index in [4.69, 9.17) is 11.2 Å². The highest BCUT2D eigenvalue weighted by Gasteiger charge is 2.36. The van der Waals surface area contributed by atoms with E-state index in [0.29, 0.717) is 12.2 Å². The van der Waals surface area contributed by atoms with Gasteiger partial charge < -0.3 is 4.74 Å². The van der Waals surface area contributed by atoms with E-state index >= 15 is 0 Å². The Morgan fingerprint density at radius 2 is 2.04 bits per heavy atom. The van der Waals surface area contributed by atoms with E-state index in [1.165, 1.54) is 16.4 Å². The predicted molar refractivity (Wildman–Crippen MR) is 89.9 cm³/mol. The molecule has 122 valence electrons. The number of carbonyl (C=O) groups excluding carboxylic acids is 1. The highest BCUT2D eigenvalue weighted by Crippen LogP contribution is 2.32. The molecule has 1 aliphatic carbocycles. The maximum atomic E-state index is 12.7. The largest absolute Gasteiger partial charge is 0.465 e. The third-order valence-electron chi connectivity index (χ3n) is 3.29. The summed E-state index contributed by atoms with van der Waals surface area (Å²) in [4.78, 5) is 11.8. The van der Waals surface area contributed by atoms with E-state index in [1.807, 2.05) is 0 Å². The Balaban J connectivity index is 2.13. The van der Waals surface area contributed by atoms with Gasteiger partial charge in [-0.05, 0) is 36.8 Å². The second kappa shape index (κ2) is 7.30. The van der Waals surface area contributed by atoms with Crippen molar-refractivity contribution in [2.75, 3.05) is 19.7 Å². The lowest BCUT2D eigenvalue weighted by Gasteiger charge is -2.19. The molecule has 0 N–H and O–H groups in total. The van der Waals surface area contributed by atoms with Crippen LogP contribution in [-0.4, -0.2) is 38.4 Å². The third kappa shape index (κ3) is 4.22. The van der Waals surface area contributed by atoms with E-state index in [-0.39, 0.29) is 24.0 Å². The summed E-state index contributed by atoms with van der Waals surface area (Å²) in [5, 5.41) is 0. The van der Waals surface area contributed by atoms with Gasteiger partial charge in [0.25, 0.3) is 0 Å². The Morgan fingerprint density at radius 1 is 1.39 bits per heavy atom. The molecule has 1 atom stereocenters. The molecule has 1 aliphatic rings. The first-order valence-electron chi connectivity index (χ1n) is 6.96. The van der Waals surface area contributed by atoms with Gasteiger partial charge in [0.05, 0.1) is 24.0 Å². The van der Waals surface area contributed by atoms with Gasteiger partial charge in [-0.3, -0.25) is 4.79 Å². The van der Waals surface area contributed by atoms with Crippen molar-refractivity contribution in [3.8, 4) is 12.3 Å². The van der Waals surface area contributed by atoms with Crippen molar-refractivity contribution in [2.24, 2.45) is 5.92 Å².